The van der Waals surface area contributed by atoms with E-state index in [0.717, 1.165) is 36.5 Å². The number of aliphatic hydroxyl groups excluding tert-OH is 2. The molecule has 8 unspecified atom stereocenters. The monoisotopic (exact) mass is 392 g/mol. The Labute approximate surface area is 174 Å². The molecular weight excluding hydrogens is 344 g/mol. The molecule has 28 heavy (non-hydrogen) atoms. The van der Waals surface area contributed by atoms with Gasteiger partial charge in [0.05, 0.1) is 6.10 Å². The molecule has 2 heteroatoms. The summed E-state index contributed by atoms with van der Waals surface area (Å²) in [6.07, 6.45) is 16.7. The number of unbranched alkanes of at least 4 members (excludes halogenated alkanes) is 1. The Balaban J connectivity index is 0.000000516. The standard InChI is InChI=1S/C22H38O2.C4H10/c1-21-11-4-3-6-16(21)14-19(24)20-17-9-8-15(7-5-13-23)22(17,2)12-10-18(20)21;1-3-4-2/h15-20,23-24H,3-14H2,1-2H3;3-4H2,1-2H3. The first kappa shape index (κ1) is 22.6. The molecule has 4 fully saturated rings. The van der Waals surface area contributed by atoms with E-state index in [1.807, 2.05) is 0 Å². The van der Waals surface area contributed by atoms with Gasteiger partial charge in [-0.1, -0.05) is 53.4 Å². The van der Waals surface area contributed by atoms with Gasteiger partial charge in [0.1, 0.15) is 0 Å². The van der Waals surface area contributed by atoms with Crippen molar-refractivity contribution < 1.29 is 10.2 Å². The van der Waals surface area contributed by atoms with Crippen LogP contribution in [-0.2, 0) is 0 Å². The fourth-order valence-corrected chi connectivity index (χ4v) is 8.18. The van der Waals surface area contributed by atoms with Crippen molar-refractivity contribution in [2.75, 3.05) is 6.61 Å². The lowest BCUT2D eigenvalue weighted by molar-refractivity contribution is -0.162. The highest BCUT2D eigenvalue weighted by molar-refractivity contribution is 5.10. The van der Waals surface area contributed by atoms with E-state index in [2.05, 4.69) is 27.7 Å². The van der Waals surface area contributed by atoms with Crippen LogP contribution in [0, 0.1) is 40.4 Å². The van der Waals surface area contributed by atoms with Crippen LogP contribution in [0.1, 0.15) is 111 Å². The zero-order valence-electron chi connectivity index (χ0n) is 19.3. The summed E-state index contributed by atoms with van der Waals surface area (Å²) in [4.78, 5) is 0. The minimum Gasteiger partial charge on any atom is -0.396 e. The van der Waals surface area contributed by atoms with Gasteiger partial charge in [0, 0.05) is 6.61 Å². The van der Waals surface area contributed by atoms with E-state index >= 15 is 0 Å². The van der Waals surface area contributed by atoms with E-state index < -0.39 is 0 Å². The van der Waals surface area contributed by atoms with Crippen molar-refractivity contribution in [3.63, 3.8) is 0 Å². The van der Waals surface area contributed by atoms with Gasteiger partial charge in [0.15, 0.2) is 0 Å². The molecule has 0 saturated heterocycles. The largest absolute Gasteiger partial charge is 0.396 e. The third kappa shape index (κ3) is 3.94. The molecule has 0 radical (unpaired) electrons. The van der Waals surface area contributed by atoms with Gasteiger partial charge in [-0.05, 0) is 98.2 Å². The van der Waals surface area contributed by atoms with Gasteiger partial charge in [0.25, 0.3) is 0 Å². The van der Waals surface area contributed by atoms with Gasteiger partial charge < -0.3 is 10.2 Å². The molecule has 0 spiro atoms. The molecule has 4 saturated carbocycles. The van der Waals surface area contributed by atoms with Crippen LogP contribution >= 0.6 is 0 Å². The van der Waals surface area contributed by atoms with Crippen molar-refractivity contribution in [2.24, 2.45) is 40.4 Å². The Morgan fingerprint density at radius 3 is 2.25 bits per heavy atom. The summed E-state index contributed by atoms with van der Waals surface area (Å²) in [6.45, 7) is 9.82. The van der Waals surface area contributed by atoms with Crippen LogP contribution in [0.15, 0.2) is 0 Å². The van der Waals surface area contributed by atoms with Gasteiger partial charge in [-0.15, -0.1) is 0 Å². The Morgan fingerprint density at radius 1 is 0.857 bits per heavy atom. The van der Waals surface area contributed by atoms with Crippen molar-refractivity contribution in [1.82, 2.24) is 0 Å². The number of aliphatic hydroxyl groups is 2. The van der Waals surface area contributed by atoms with E-state index in [1.165, 1.54) is 70.6 Å². The van der Waals surface area contributed by atoms with Gasteiger partial charge in [-0.3, -0.25) is 0 Å². The lowest BCUT2D eigenvalue weighted by Crippen LogP contribution is -2.57. The summed E-state index contributed by atoms with van der Waals surface area (Å²) in [5.41, 5.74) is 0.932. The molecular formula is C26H48O2. The summed E-state index contributed by atoms with van der Waals surface area (Å²) < 4.78 is 0. The van der Waals surface area contributed by atoms with Gasteiger partial charge in [-0.2, -0.15) is 0 Å². The molecule has 0 aromatic rings. The van der Waals surface area contributed by atoms with Crippen molar-refractivity contribution >= 4 is 0 Å². The smallest absolute Gasteiger partial charge is 0.0577 e. The Kier molecular flexibility index (Phi) is 7.57. The van der Waals surface area contributed by atoms with E-state index in [9.17, 15) is 10.2 Å². The number of hydrogen-bond donors (Lipinski definition) is 2. The van der Waals surface area contributed by atoms with Crippen LogP contribution in [-0.4, -0.2) is 22.9 Å². The van der Waals surface area contributed by atoms with Crippen LogP contribution < -0.4 is 0 Å². The Bertz CT molecular complexity index is 489. The maximum atomic E-state index is 11.1. The average Bonchev–Trinajstić information content (AvgIpc) is 3.03. The number of fused-ring (bicyclic) bond motifs is 5. The van der Waals surface area contributed by atoms with Crippen molar-refractivity contribution in [3.8, 4) is 0 Å². The maximum absolute atomic E-state index is 11.1. The van der Waals surface area contributed by atoms with E-state index in [-0.39, 0.29) is 6.10 Å². The molecule has 0 amide bonds. The molecule has 0 heterocycles. The van der Waals surface area contributed by atoms with E-state index in [0.29, 0.717) is 23.4 Å². The minimum atomic E-state index is -0.0487. The highest BCUT2D eigenvalue weighted by Crippen LogP contribution is 2.67. The Hall–Kier alpha value is -0.0800. The minimum absolute atomic E-state index is 0.0487. The summed E-state index contributed by atoms with van der Waals surface area (Å²) in [5.74, 6) is 3.61. The quantitative estimate of drug-likeness (QED) is 0.567. The molecule has 2 nitrogen and oxygen atoms in total. The topological polar surface area (TPSA) is 40.5 Å². The predicted octanol–water partition coefficient (Wildman–Crippen LogP) is 6.59. The first-order valence-corrected chi connectivity index (χ1v) is 12.7. The molecule has 0 aromatic heterocycles. The molecule has 0 bridgehead atoms. The van der Waals surface area contributed by atoms with Crippen molar-refractivity contribution in [2.45, 2.75) is 117 Å². The van der Waals surface area contributed by atoms with Crippen LogP contribution in [0.25, 0.3) is 0 Å². The summed E-state index contributed by atoms with van der Waals surface area (Å²) in [5, 5.41) is 20.4. The SMILES string of the molecule is CC12CCC3C(C(O)CC4CCCCC43C)C1CCC2CCCO.CCCC. The first-order chi connectivity index (χ1) is 13.4. The molecule has 8 atom stereocenters. The van der Waals surface area contributed by atoms with Gasteiger partial charge in [-0.25, -0.2) is 0 Å². The molecule has 2 N–H and O–H groups in total. The third-order valence-corrected chi connectivity index (χ3v) is 10.0. The first-order valence-electron chi connectivity index (χ1n) is 12.7. The lowest BCUT2D eigenvalue weighted by atomic mass is 9.44. The summed E-state index contributed by atoms with van der Waals surface area (Å²) >= 11 is 0. The predicted molar refractivity (Wildman–Crippen MR) is 118 cm³/mol. The summed E-state index contributed by atoms with van der Waals surface area (Å²) in [7, 11) is 0. The zero-order chi connectivity index (χ0) is 20.4. The molecule has 4 aliphatic rings. The second-order valence-electron chi connectivity index (χ2n) is 11.2. The number of hydrogen-bond acceptors (Lipinski definition) is 2. The fraction of sp³-hybridized carbons (Fsp3) is 1.00. The highest BCUT2D eigenvalue weighted by Gasteiger charge is 2.61. The van der Waals surface area contributed by atoms with Crippen molar-refractivity contribution in [1.29, 1.82) is 0 Å². The lowest BCUT2D eigenvalue weighted by Gasteiger charge is -2.62. The van der Waals surface area contributed by atoms with Crippen molar-refractivity contribution in [3.05, 3.63) is 0 Å². The average molecular weight is 393 g/mol. The molecule has 4 rings (SSSR count). The van der Waals surface area contributed by atoms with Crippen LogP contribution in [0.3, 0.4) is 0 Å². The second-order valence-corrected chi connectivity index (χ2v) is 11.2. The molecule has 0 aliphatic heterocycles. The van der Waals surface area contributed by atoms with Crippen LogP contribution in [0.2, 0.25) is 0 Å². The maximum Gasteiger partial charge on any atom is 0.0577 e. The van der Waals surface area contributed by atoms with E-state index in [4.69, 9.17) is 0 Å². The van der Waals surface area contributed by atoms with E-state index in [1.54, 1.807) is 0 Å². The van der Waals surface area contributed by atoms with Crippen LogP contribution in [0.5, 0.6) is 0 Å². The molecule has 4 aliphatic carbocycles. The highest BCUT2D eigenvalue weighted by atomic mass is 16.3. The van der Waals surface area contributed by atoms with Gasteiger partial charge in [0.2, 0.25) is 0 Å². The summed E-state index contributed by atoms with van der Waals surface area (Å²) in [6, 6.07) is 0. The molecule has 164 valence electrons. The Morgan fingerprint density at radius 2 is 1.57 bits per heavy atom. The number of rotatable bonds is 4. The molecule has 0 aromatic carbocycles. The zero-order valence-corrected chi connectivity index (χ0v) is 19.3. The third-order valence-electron chi connectivity index (χ3n) is 10.0. The fourth-order valence-electron chi connectivity index (χ4n) is 8.18. The van der Waals surface area contributed by atoms with Gasteiger partial charge >= 0.3 is 0 Å². The normalized spacial score (nSPS) is 47.4. The second kappa shape index (κ2) is 9.38. The van der Waals surface area contributed by atoms with Crippen LogP contribution in [0.4, 0.5) is 0 Å².